The van der Waals surface area contributed by atoms with E-state index in [1.54, 1.807) is 17.1 Å². The molecule has 0 bridgehead atoms. The number of H-pyrrole nitrogens is 1. The third-order valence-electron chi connectivity index (χ3n) is 2.88. The molecule has 2 aromatic heterocycles. The maximum absolute atomic E-state index is 11.8. The molecule has 1 aromatic carbocycles. The first-order valence-electron chi connectivity index (χ1n) is 6.08. The summed E-state index contributed by atoms with van der Waals surface area (Å²) in [6.07, 6.45) is 1.72. The van der Waals surface area contributed by atoms with Crippen LogP contribution in [0.15, 0.2) is 47.4 Å². The molecular formula is C14H12N4OS. The van der Waals surface area contributed by atoms with Crippen molar-refractivity contribution in [3.63, 3.8) is 0 Å². The number of nitrogens with zero attached hydrogens (tertiary/aromatic N) is 2. The van der Waals surface area contributed by atoms with Crippen LogP contribution in [0.2, 0.25) is 0 Å². The number of carbonyl (C=O) groups is 1. The predicted octanol–water partition coefficient (Wildman–Crippen LogP) is 2.46. The summed E-state index contributed by atoms with van der Waals surface area (Å²) in [5.74, 6) is -0.149. The van der Waals surface area contributed by atoms with Gasteiger partial charge in [-0.15, -0.1) is 11.3 Å². The fourth-order valence-electron chi connectivity index (χ4n) is 1.82. The molecule has 0 saturated carbocycles. The number of benzene rings is 1. The molecule has 6 heteroatoms. The molecule has 20 heavy (non-hydrogen) atoms. The molecule has 0 aliphatic heterocycles. The standard InChI is InChI=1S/C14H12N4OS/c19-14(13-8-20-9-16-13)15-7-10-1-3-11(4-2-10)12-5-6-17-18-12/h1-6,8-9H,7H2,(H,15,19)(H,17,18). The van der Waals surface area contributed by atoms with Crippen molar-refractivity contribution in [3.05, 3.63) is 58.7 Å². The second-order valence-corrected chi connectivity index (χ2v) is 4.94. The Morgan fingerprint density at radius 3 is 2.75 bits per heavy atom. The number of thiazole rings is 1. The van der Waals surface area contributed by atoms with Gasteiger partial charge in [-0.3, -0.25) is 9.89 Å². The van der Waals surface area contributed by atoms with E-state index in [-0.39, 0.29) is 5.91 Å². The lowest BCUT2D eigenvalue weighted by Gasteiger charge is -2.04. The molecule has 0 aliphatic carbocycles. The summed E-state index contributed by atoms with van der Waals surface area (Å²) in [4.78, 5) is 15.7. The van der Waals surface area contributed by atoms with Crippen LogP contribution < -0.4 is 5.32 Å². The monoisotopic (exact) mass is 284 g/mol. The molecule has 0 spiro atoms. The summed E-state index contributed by atoms with van der Waals surface area (Å²) < 4.78 is 0. The van der Waals surface area contributed by atoms with E-state index in [1.807, 2.05) is 30.3 Å². The highest BCUT2D eigenvalue weighted by Crippen LogP contribution is 2.16. The second-order valence-electron chi connectivity index (χ2n) is 4.22. The summed E-state index contributed by atoms with van der Waals surface area (Å²) in [7, 11) is 0. The maximum Gasteiger partial charge on any atom is 0.271 e. The fraction of sp³-hybridized carbons (Fsp3) is 0.0714. The van der Waals surface area contributed by atoms with E-state index in [0.29, 0.717) is 12.2 Å². The number of aromatic nitrogens is 3. The Hall–Kier alpha value is -2.47. The van der Waals surface area contributed by atoms with E-state index in [1.165, 1.54) is 11.3 Å². The van der Waals surface area contributed by atoms with E-state index < -0.39 is 0 Å². The van der Waals surface area contributed by atoms with E-state index in [0.717, 1.165) is 16.8 Å². The zero-order chi connectivity index (χ0) is 13.8. The molecule has 2 heterocycles. The Morgan fingerprint density at radius 1 is 1.25 bits per heavy atom. The minimum absolute atomic E-state index is 0.149. The van der Waals surface area contributed by atoms with Crippen molar-refractivity contribution in [1.29, 1.82) is 0 Å². The first-order valence-corrected chi connectivity index (χ1v) is 7.02. The van der Waals surface area contributed by atoms with Gasteiger partial charge in [0.05, 0.1) is 11.2 Å². The molecule has 0 saturated heterocycles. The van der Waals surface area contributed by atoms with Gasteiger partial charge >= 0.3 is 0 Å². The zero-order valence-corrected chi connectivity index (χ0v) is 11.4. The lowest BCUT2D eigenvalue weighted by Crippen LogP contribution is -2.22. The summed E-state index contributed by atoms with van der Waals surface area (Å²) in [5.41, 5.74) is 5.19. The van der Waals surface area contributed by atoms with Crippen LogP contribution in [0.4, 0.5) is 0 Å². The average Bonchev–Trinajstić information content (AvgIpc) is 3.18. The molecule has 1 amide bonds. The minimum Gasteiger partial charge on any atom is -0.347 e. The van der Waals surface area contributed by atoms with Gasteiger partial charge in [-0.25, -0.2) is 4.98 Å². The Balaban J connectivity index is 1.63. The van der Waals surface area contributed by atoms with Crippen LogP contribution in [-0.2, 0) is 6.54 Å². The number of aromatic amines is 1. The quantitative estimate of drug-likeness (QED) is 0.773. The highest BCUT2D eigenvalue weighted by molar-refractivity contribution is 7.07. The van der Waals surface area contributed by atoms with Crippen molar-refractivity contribution in [1.82, 2.24) is 20.5 Å². The molecule has 100 valence electrons. The Labute approximate surface area is 119 Å². The van der Waals surface area contributed by atoms with Gasteiger partial charge in [0.15, 0.2) is 0 Å². The SMILES string of the molecule is O=C(NCc1ccc(-c2ccn[nH]2)cc1)c1cscn1. The lowest BCUT2D eigenvalue weighted by atomic mass is 10.1. The molecule has 5 nitrogen and oxygen atoms in total. The number of hydrogen-bond acceptors (Lipinski definition) is 4. The van der Waals surface area contributed by atoms with Crippen molar-refractivity contribution < 1.29 is 4.79 Å². The van der Waals surface area contributed by atoms with E-state index in [4.69, 9.17) is 0 Å². The predicted molar refractivity (Wildman–Crippen MR) is 77.3 cm³/mol. The Morgan fingerprint density at radius 2 is 2.10 bits per heavy atom. The fourth-order valence-corrected chi connectivity index (χ4v) is 2.35. The third kappa shape index (κ3) is 2.75. The van der Waals surface area contributed by atoms with Crippen molar-refractivity contribution in [3.8, 4) is 11.3 Å². The summed E-state index contributed by atoms with van der Waals surface area (Å²) >= 11 is 1.41. The molecule has 2 N–H and O–H groups in total. The Bertz CT molecular complexity index is 675. The maximum atomic E-state index is 11.8. The van der Waals surface area contributed by atoms with E-state index in [9.17, 15) is 4.79 Å². The van der Waals surface area contributed by atoms with Crippen LogP contribution in [0.3, 0.4) is 0 Å². The van der Waals surface area contributed by atoms with Crippen LogP contribution in [0.1, 0.15) is 16.1 Å². The van der Waals surface area contributed by atoms with Crippen molar-refractivity contribution in [2.75, 3.05) is 0 Å². The number of carbonyl (C=O) groups excluding carboxylic acids is 1. The molecular weight excluding hydrogens is 272 g/mol. The molecule has 0 aliphatic rings. The van der Waals surface area contributed by atoms with Gasteiger partial charge in [0.1, 0.15) is 5.69 Å². The summed E-state index contributed by atoms with van der Waals surface area (Å²) in [5, 5.41) is 11.4. The van der Waals surface area contributed by atoms with Crippen LogP contribution in [0.5, 0.6) is 0 Å². The normalized spacial score (nSPS) is 10.4. The second kappa shape index (κ2) is 5.66. The average molecular weight is 284 g/mol. The van der Waals surface area contributed by atoms with Gasteiger partial charge in [0.2, 0.25) is 0 Å². The van der Waals surface area contributed by atoms with Crippen molar-refractivity contribution in [2.24, 2.45) is 0 Å². The molecule has 3 rings (SSSR count). The van der Waals surface area contributed by atoms with Gasteiger partial charge in [-0.05, 0) is 17.2 Å². The molecule has 3 aromatic rings. The zero-order valence-electron chi connectivity index (χ0n) is 10.5. The third-order valence-corrected chi connectivity index (χ3v) is 3.47. The van der Waals surface area contributed by atoms with Gasteiger partial charge in [-0.2, -0.15) is 5.10 Å². The molecule has 0 radical (unpaired) electrons. The van der Waals surface area contributed by atoms with Gasteiger partial charge in [-0.1, -0.05) is 24.3 Å². The van der Waals surface area contributed by atoms with Crippen LogP contribution in [0, 0.1) is 0 Å². The van der Waals surface area contributed by atoms with E-state index in [2.05, 4.69) is 20.5 Å². The molecule has 0 fully saturated rings. The van der Waals surface area contributed by atoms with Gasteiger partial charge in [0, 0.05) is 18.1 Å². The van der Waals surface area contributed by atoms with Crippen LogP contribution in [-0.4, -0.2) is 21.1 Å². The first-order chi connectivity index (χ1) is 9.83. The first kappa shape index (κ1) is 12.6. The smallest absolute Gasteiger partial charge is 0.271 e. The highest BCUT2D eigenvalue weighted by Gasteiger charge is 2.06. The van der Waals surface area contributed by atoms with Gasteiger partial charge in [0.25, 0.3) is 5.91 Å². The van der Waals surface area contributed by atoms with Crippen molar-refractivity contribution in [2.45, 2.75) is 6.54 Å². The number of hydrogen-bond donors (Lipinski definition) is 2. The Kier molecular flexibility index (Phi) is 3.56. The van der Waals surface area contributed by atoms with Crippen LogP contribution >= 0.6 is 11.3 Å². The number of nitrogens with one attached hydrogen (secondary N) is 2. The lowest BCUT2D eigenvalue weighted by molar-refractivity contribution is 0.0946. The topological polar surface area (TPSA) is 70.7 Å². The summed E-state index contributed by atoms with van der Waals surface area (Å²) in [6, 6.07) is 9.88. The summed E-state index contributed by atoms with van der Waals surface area (Å²) in [6.45, 7) is 0.486. The van der Waals surface area contributed by atoms with Crippen LogP contribution in [0.25, 0.3) is 11.3 Å². The molecule has 0 atom stereocenters. The van der Waals surface area contributed by atoms with E-state index >= 15 is 0 Å². The van der Waals surface area contributed by atoms with Crippen molar-refractivity contribution >= 4 is 17.2 Å². The largest absolute Gasteiger partial charge is 0.347 e. The number of amides is 1. The number of rotatable bonds is 4. The minimum atomic E-state index is -0.149. The highest BCUT2D eigenvalue weighted by atomic mass is 32.1. The molecule has 0 unspecified atom stereocenters. The van der Waals surface area contributed by atoms with Gasteiger partial charge < -0.3 is 5.32 Å².